The Morgan fingerprint density at radius 1 is 1.22 bits per heavy atom. The van der Waals surface area contributed by atoms with Gasteiger partial charge in [-0.3, -0.25) is 4.79 Å². The van der Waals surface area contributed by atoms with Gasteiger partial charge in [-0.05, 0) is 70.5 Å². The Labute approximate surface area is 211 Å². The number of carbonyl (C=O) groups excluding carboxylic acids is 1. The molecule has 0 spiro atoms. The van der Waals surface area contributed by atoms with E-state index in [-0.39, 0.29) is 23.8 Å². The number of allylic oxidation sites excluding steroid dienone is 1. The summed E-state index contributed by atoms with van der Waals surface area (Å²) in [5.41, 5.74) is 4.43. The van der Waals surface area contributed by atoms with E-state index in [2.05, 4.69) is 26.3 Å². The highest BCUT2D eigenvalue weighted by molar-refractivity contribution is 6.13. The van der Waals surface area contributed by atoms with Crippen molar-refractivity contribution in [3.8, 4) is 0 Å². The van der Waals surface area contributed by atoms with Gasteiger partial charge in [-0.2, -0.15) is 0 Å². The molecule has 1 atom stereocenters. The number of likely N-dealkylation sites (N-methyl/N-ethyl adjacent to an activating group) is 1. The third kappa shape index (κ3) is 5.83. The van der Waals surface area contributed by atoms with E-state index < -0.39 is 12.1 Å². The van der Waals surface area contributed by atoms with Crippen LogP contribution in [0.4, 0.5) is 5.69 Å². The number of Topliss-reactive ketones (excluding diaryl/α,β-unsaturated/α-hetero) is 1. The molecule has 0 bridgehead atoms. The number of anilines is 1. The van der Waals surface area contributed by atoms with Gasteiger partial charge in [0.15, 0.2) is 12.0 Å². The number of ketones is 1. The summed E-state index contributed by atoms with van der Waals surface area (Å²) in [5, 5.41) is 14.9. The molecule has 3 aromatic rings. The van der Waals surface area contributed by atoms with Gasteiger partial charge in [0.25, 0.3) is 0 Å². The van der Waals surface area contributed by atoms with Gasteiger partial charge in [-0.15, -0.1) is 0 Å². The highest BCUT2D eigenvalue weighted by Gasteiger charge is 2.36. The van der Waals surface area contributed by atoms with Crippen molar-refractivity contribution in [2.24, 2.45) is 0 Å². The van der Waals surface area contributed by atoms with E-state index in [9.17, 15) is 9.90 Å². The fourth-order valence-corrected chi connectivity index (χ4v) is 3.98. The molecule has 1 aliphatic rings. The molecule has 3 N–H and O–H groups in total. The lowest BCUT2D eigenvalue weighted by Gasteiger charge is -2.17. The minimum Gasteiger partial charge on any atom is -0.436 e. The Bertz CT molecular complexity index is 1310. The topological polar surface area (TPSA) is 103 Å². The molecule has 190 valence electrons. The summed E-state index contributed by atoms with van der Waals surface area (Å²) in [4.78, 5) is 24.8. The summed E-state index contributed by atoms with van der Waals surface area (Å²) < 4.78 is 11.6. The summed E-state index contributed by atoms with van der Waals surface area (Å²) in [7, 11) is 7.86. The van der Waals surface area contributed by atoms with Crippen LogP contribution in [0.15, 0.2) is 59.9 Å². The summed E-state index contributed by atoms with van der Waals surface area (Å²) >= 11 is 0. The number of nitrogens with zero attached hydrogens (tertiary/aromatic N) is 3. The SMILES string of the molecule is Cc1cc(CN(C)C)ccc1NC1=C(C(O)OCCN(C)C)C(=O)/C(=C/c2c[nH]c3ncccc23)O1. The number of aromatic amines is 1. The number of carbonyl (C=O) groups is 1. The lowest BCUT2D eigenvalue weighted by molar-refractivity contribution is -0.119. The quantitative estimate of drug-likeness (QED) is 0.294. The molecular formula is C27H33N5O4. The molecule has 1 aliphatic heterocycles. The van der Waals surface area contributed by atoms with Gasteiger partial charge in [0.1, 0.15) is 11.2 Å². The zero-order valence-electron chi connectivity index (χ0n) is 21.3. The zero-order valence-corrected chi connectivity index (χ0v) is 21.3. The van der Waals surface area contributed by atoms with E-state index in [0.29, 0.717) is 12.2 Å². The summed E-state index contributed by atoms with van der Waals surface area (Å²) in [6, 6.07) is 9.79. The number of aryl methyl sites for hydroxylation is 1. The Morgan fingerprint density at radius 3 is 2.75 bits per heavy atom. The molecule has 0 aliphatic carbocycles. The number of aliphatic hydroxyl groups is 1. The predicted octanol–water partition coefficient (Wildman–Crippen LogP) is 3.09. The number of benzene rings is 1. The number of fused-ring (bicyclic) bond motifs is 1. The molecule has 0 radical (unpaired) electrons. The minimum atomic E-state index is -1.44. The van der Waals surface area contributed by atoms with Crippen LogP contribution in [0.3, 0.4) is 0 Å². The third-order valence-corrected chi connectivity index (χ3v) is 5.79. The normalized spacial score (nSPS) is 16.0. The van der Waals surface area contributed by atoms with Crippen molar-refractivity contribution in [2.75, 3.05) is 46.7 Å². The second kappa shape index (κ2) is 11.0. The van der Waals surface area contributed by atoms with Crippen LogP contribution in [0.25, 0.3) is 17.1 Å². The molecule has 0 fully saturated rings. The molecule has 1 unspecified atom stereocenters. The molecule has 0 saturated heterocycles. The summed E-state index contributed by atoms with van der Waals surface area (Å²) in [5.74, 6) is -0.186. The first-order valence-electron chi connectivity index (χ1n) is 11.8. The van der Waals surface area contributed by atoms with E-state index >= 15 is 0 Å². The highest BCUT2D eigenvalue weighted by Crippen LogP contribution is 2.32. The second-order valence-electron chi connectivity index (χ2n) is 9.36. The lowest BCUT2D eigenvalue weighted by Crippen LogP contribution is -2.26. The summed E-state index contributed by atoms with van der Waals surface area (Å²) in [6.45, 7) is 3.65. The zero-order chi connectivity index (χ0) is 25.8. The van der Waals surface area contributed by atoms with Gasteiger partial charge in [-0.25, -0.2) is 4.98 Å². The van der Waals surface area contributed by atoms with Crippen molar-refractivity contribution < 1.29 is 19.4 Å². The number of aliphatic hydroxyl groups excluding tert-OH is 1. The van der Waals surface area contributed by atoms with Crippen molar-refractivity contribution >= 4 is 28.6 Å². The standard InChI is InChI=1S/C27H33N5O4/c1-17-13-18(16-32(4)5)8-9-21(17)30-26-23(27(34)35-12-11-31(2)3)24(33)22(36-26)14-19-15-29-25-20(19)7-6-10-28-25/h6-10,13-15,27,30,34H,11-12,16H2,1-5H3,(H,28,29)/b22-14-. The van der Waals surface area contributed by atoms with Crippen LogP contribution >= 0.6 is 0 Å². The molecule has 9 heteroatoms. The smallest absolute Gasteiger partial charge is 0.234 e. The Balaban J connectivity index is 1.64. The lowest BCUT2D eigenvalue weighted by atomic mass is 10.1. The molecule has 0 amide bonds. The summed E-state index contributed by atoms with van der Waals surface area (Å²) in [6.07, 6.45) is 3.67. The van der Waals surface area contributed by atoms with Crippen LogP contribution < -0.4 is 5.32 Å². The van der Waals surface area contributed by atoms with Gasteiger partial charge in [0.05, 0.1) is 6.61 Å². The van der Waals surface area contributed by atoms with Crippen LogP contribution in [0.2, 0.25) is 0 Å². The number of pyridine rings is 1. The number of hydrogen-bond acceptors (Lipinski definition) is 8. The van der Waals surface area contributed by atoms with Crippen LogP contribution in [0, 0.1) is 6.92 Å². The van der Waals surface area contributed by atoms with Gasteiger partial charge in [0, 0.05) is 42.1 Å². The molecule has 9 nitrogen and oxygen atoms in total. The van der Waals surface area contributed by atoms with Gasteiger partial charge in [0.2, 0.25) is 11.7 Å². The second-order valence-corrected chi connectivity index (χ2v) is 9.36. The molecular weight excluding hydrogens is 458 g/mol. The average Bonchev–Trinajstić information content (AvgIpc) is 3.36. The van der Waals surface area contributed by atoms with E-state index in [4.69, 9.17) is 9.47 Å². The van der Waals surface area contributed by atoms with Crippen molar-refractivity contribution in [3.05, 3.63) is 76.6 Å². The molecule has 1 aromatic carbocycles. The maximum absolute atomic E-state index is 13.4. The Hall–Kier alpha value is -3.50. The largest absolute Gasteiger partial charge is 0.436 e. The molecule has 3 heterocycles. The minimum absolute atomic E-state index is 0.0368. The van der Waals surface area contributed by atoms with Crippen molar-refractivity contribution in [1.82, 2.24) is 19.8 Å². The molecule has 4 rings (SSSR count). The van der Waals surface area contributed by atoms with Crippen LogP contribution in [-0.2, 0) is 20.8 Å². The van der Waals surface area contributed by atoms with Gasteiger partial charge in [-0.1, -0.05) is 12.1 Å². The average molecular weight is 492 g/mol. The fraction of sp³-hybridized carbons (Fsp3) is 0.333. The maximum atomic E-state index is 13.4. The fourth-order valence-electron chi connectivity index (χ4n) is 3.98. The number of aromatic nitrogens is 2. The Kier molecular flexibility index (Phi) is 7.85. The number of nitrogens with one attached hydrogen (secondary N) is 2. The number of rotatable bonds is 10. The molecule has 36 heavy (non-hydrogen) atoms. The first-order chi connectivity index (χ1) is 17.2. The number of ether oxygens (including phenoxy) is 2. The van der Waals surface area contributed by atoms with Gasteiger partial charge >= 0.3 is 0 Å². The first kappa shape index (κ1) is 25.6. The molecule has 0 saturated carbocycles. The van der Waals surface area contributed by atoms with E-state index in [1.165, 1.54) is 5.56 Å². The first-order valence-corrected chi connectivity index (χ1v) is 11.8. The van der Waals surface area contributed by atoms with Crippen molar-refractivity contribution in [1.29, 1.82) is 0 Å². The van der Waals surface area contributed by atoms with E-state index in [1.54, 1.807) is 18.5 Å². The van der Waals surface area contributed by atoms with Crippen LogP contribution in [-0.4, -0.2) is 78.3 Å². The predicted molar refractivity (Wildman–Crippen MR) is 140 cm³/mol. The third-order valence-electron chi connectivity index (χ3n) is 5.79. The van der Waals surface area contributed by atoms with E-state index in [1.807, 2.05) is 64.3 Å². The number of hydrogen-bond donors (Lipinski definition) is 3. The van der Waals surface area contributed by atoms with Crippen molar-refractivity contribution in [2.45, 2.75) is 19.8 Å². The monoisotopic (exact) mass is 491 g/mol. The van der Waals surface area contributed by atoms with Crippen molar-refractivity contribution in [3.63, 3.8) is 0 Å². The van der Waals surface area contributed by atoms with Gasteiger partial charge < -0.3 is 34.7 Å². The maximum Gasteiger partial charge on any atom is 0.234 e. The van der Waals surface area contributed by atoms with Crippen LogP contribution in [0.5, 0.6) is 0 Å². The number of H-pyrrole nitrogens is 1. The molecule has 2 aromatic heterocycles. The Morgan fingerprint density at radius 2 is 2.03 bits per heavy atom. The van der Waals surface area contributed by atoms with E-state index in [0.717, 1.165) is 28.7 Å². The highest BCUT2D eigenvalue weighted by atomic mass is 16.6. The van der Waals surface area contributed by atoms with Crippen LogP contribution in [0.1, 0.15) is 16.7 Å².